The molecule has 2 aromatic rings. The Balaban J connectivity index is 2.33. The van der Waals surface area contributed by atoms with Gasteiger partial charge in [0.2, 0.25) is 5.91 Å². The Bertz CT molecular complexity index is 907. The third-order valence-corrected chi connectivity index (χ3v) is 3.92. The van der Waals surface area contributed by atoms with Crippen molar-refractivity contribution >= 4 is 17.6 Å². The lowest BCUT2D eigenvalue weighted by Gasteiger charge is -2.23. The van der Waals surface area contributed by atoms with Crippen LogP contribution >= 0.6 is 0 Å². The van der Waals surface area contributed by atoms with Crippen molar-refractivity contribution in [2.75, 3.05) is 32.1 Å². The molecule has 0 saturated heterocycles. The fourth-order valence-electron chi connectivity index (χ4n) is 2.50. The zero-order valence-electron chi connectivity index (χ0n) is 16.2. The molecule has 1 heterocycles. The molecule has 0 aliphatic carbocycles. The summed E-state index contributed by atoms with van der Waals surface area (Å²) in [4.78, 5) is 25.7. The second-order valence-corrected chi connectivity index (χ2v) is 6.39. The standard InChI is InChI=1S/C18H17F6N3O4/c1-10-5-14(26-31-10)25-15(28)9-27(3-4-30-2)16(29)11-6-12(17(19,20)21)8-13(7-11)18(22,23)24/h5-8H,3-4,9H2,1-2H3,(H,25,26,28). The van der Waals surface area contributed by atoms with E-state index < -0.39 is 47.4 Å². The minimum atomic E-state index is -5.12. The van der Waals surface area contributed by atoms with E-state index in [-0.39, 0.29) is 25.0 Å². The molecule has 0 aliphatic heterocycles. The number of hydrogen-bond donors (Lipinski definition) is 1. The molecule has 1 aromatic heterocycles. The normalized spacial score (nSPS) is 12.0. The van der Waals surface area contributed by atoms with E-state index in [4.69, 9.17) is 9.26 Å². The molecule has 0 fully saturated rings. The van der Waals surface area contributed by atoms with E-state index in [0.29, 0.717) is 17.9 Å². The molecule has 0 aliphatic rings. The molecule has 0 atom stereocenters. The summed E-state index contributed by atoms with van der Waals surface area (Å²) in [6.07, 6.45) is -10.2. The summed E-state index contributed by atoms with van der Waals surface area (Å²) in [5.74, 6) is -1.59. The van der Waals surface area contributed by atoms with E-state index in [0.717, 1.165) is 4.90 Å². The van der Waals surface area contributed by atoms with E-state index in [1.165, 1.54) is 13.2 Å². The number of alkyl halides is 6. The summed E-state index contributed by atoms with van der Waals surface area (Å²) < 4.78 is 88.0. The number of carbonyl (C=O) groups is 2. The van der Waals surface area contributed by atoms with Gasteiger partial charge in [0.1, 0.15) is 12.3 Å². The summed E-state index contributed by atoms with van der Waals surface area (Å²) in [5, 5.41) is 5.83. The lowest BCUT2D eigenvalue weighted by Crippen LogP contribution is -2.40. The first-order valence-electron chi connectivity index (χ1n) is 8.62. The number of benzene rings is 1. The lowest BCUT2D eigenvalue weighted by atomic mass is 10.0. The molecule has 13 heteroatoms. The van der Waals surface area contributed by atoms with Crippen LogP contribution in [0.2, 0.25) is 0 Å². The van der Waals surface area contributed by atoms with E-state index in [9.17, 15) is 35.9 Å². The topological polar surface area (TPSA) is 84.7 Å². The van der Waals surface area contributed by atoms with Crippen molar-refractivity contribution in [2.45, 2.75) is 19.3 Å². The van der Waals surface area contributed by atoms with E-state index in [1.807, 2.05) is 0 Å². The molecule has 1 N–H and O–H groups in total. The summed E-state index contributed by atoms with van der Waals surface area (Å²) in [7, 11) is 1.27. The first-order valence-corrected chi connectivity index (χ1v) is 8.62. The number of nitrogens with one attached hydrogen (secondary N) is 1. The van der Waals surface area contributed by atoms with Crippen LogP contribution in [0.3, 0.4) is 0 Å². The molecule has 31 heavy (non-hydrogen) atoms. The highest BCUT2D eigenvalue weighted by atomic mass is 19.4. The van der Waals surface area contributed by atoms with Crippen molar-refractivity contribution in [3.05, 3.63) is 46.7 Å². The number of halogens is 6. The summed E-state index contributed by atoms with van der Waals surface area (Å²) >= 11 is 0. The van der Waals surface area contributed by atoms with Gasteiger partial charge in [-0.2, -0.15) is 26.3 Å². The largest absolute Gasteiger partial charge is 0.416 e. The Kier molecular flexibility index (Phi) is 7.31. The Labute approximate surface area is 171 Å². The number of aromatic nitrogens is 1. The van der Waals surface area contributed by atoms with Gasteiger partial charge in [-0.1, -0.05) is 5.16 Å². The predicted octanol–water partition coefficient (Wildman–Crippen LogP) is 3.75. The molecule has 0 spiro atoms. The van der Waals surface area contributed by atoms with Gasteiger partial charge in [0.05, 0.1) is 17.7 Å². The SMILES string of the molecule is COCCN(CC(=O)Nc1cc(C)on1)C(=O)c1cc(C(F)(F)F)cc(C(F)(F)F)c1. The van der Waals surface area contributed by atoms with Crippen LogP contribution in [-0.4, -0.2) is 48.7 Å². The molecule has 0 radical (unpaired) electrons. The monoisotopic (exact) mass is 453 g/mol. The maximum absolute atomic E-state index is 13.1. The van der Waals surface area contributed by atoms with Crippen molar-refractivity contribution in [3.63, 3.8) is 0 Å². The van der Waals surface area contributed by atoms with Crippen LogP contribution in [0.1, 0.15) is 27.2 Å². The van der Waals surface area contributed by atoms with Gasteiger partial charge in [0, 0.05) is 25.3 Å². The number of amides is 2. The smallest absolute Gasteiger partial charge is 0.383 e. The van der Waals surface area contributed by atoms with Crippen LogP contribution in [-0.2, 0) is 21.9 Å². The van der Waals surface area contributed by atoms with Gasteiger partial charge in [0.15, 0.2) is 5.82 Å². The Morgan fingerprint density at radius 1 is 1.06 bits per heavy atom. The second kappa shape index (κ2) is 9.37. The average Bonchev–Trinajstić information content (AvgIpc) is 3.07. The highest BCUT2D eigenvalue weighted by Crippen LogP contribution is 2.36. The van der Waals surface area contributed by atoms with Gasteiger partial charge < -0.3 is 19.5 Å². The van der Waals surface area contributed by atoms with Gasteiger partial charge in [-0.05, 0) is 25.1 Å². The Morgan fingerprint density at radius 2 is 1.65 bits per heavy atom. The first kappa shape index (κ1) is 24.2. The molecule has 0 unspecified atom stereocenters. The number of anilines is 1. The molecule has 7 nitrogen and oxygen atoms in total. The first-order chi connectivity index (χ1) is 14.3. The van der Waals surface area contributed by atoms with E-state index in [2.05, 4.69) is 10.5 Å². The number of nitrogens with zero attached hydrogens (tertiary/aromatic N) is 2. The fourth-order valence-corrected chi connectivity index (χ4v) is 2.50. The maximum atomic E-state index is 13.1. The number of rotatable bonds is 7. The summed E-state index contributed by atoms with van der Waals surface area (Å²) in [6.45, 7) is 0.500. The second-order valence-electron chi connectivity index (χ2n) is 6.39. The highest BCUT2D eigenvalue weighted by molar-refractivity contribution is 5.99. The van der Waals surface area contributed by atoms with E-state index >= 15 is 0 Å². The van der Waals surface area contributed by atoms with Crippen molar-refractivity contribution in [3.8, 4) is 0 Å². The number of methoxy groups -OCH3 is 1. The van der Waals surface area contributed by atoms with Crippen LogP contribution in [0.5, 0.6) is 0 Å². The molecule has 0 saturated carbocycles. The number of carbonyl (C=O) groups excluding carboxylic acids is 2. The molecule has 2 amide bonds. The zero-order chi connectivity index (χ0) is 23.4. The van der Waals surface area contributed by atoms with Crippen molar-refractivity contribution in [2.24, 2.45) is 0 Å². The minimum absolute atomic E-state index is 0.0278. The quantitative estimate of drug-likeness (QED) is 0.646. The molecule has 0 bridgehead atoms. The van der Waals surface area contributed by atoms with Gasteiger partial charge >= 0.3 is 12.4 Å². The van der Waals surface area contributed by atoms with Crippen molar-refractivity contribution in [1.82, 2.24) is 10.1 Å². The third-order valence-electron chi connectivity index (χ3n) is 3.92. The van der Waals surface area contributed by atoms with Gasteiger partial charge in [-0.3, -0.25) is 9.59 Å². The van der Waals surface area contributed by atoms with Crippen molar-refractivity contribution in [1.29, 1.82) is 0 Å². The van der Waals surface area contributed by atoms with Crippen LogP contribution in [0, 0.1) is 6.92 Å². The lowest BCUT2D eigenvalue weighted by molar-refractivity contribution is -0.143. The number of ether oxygens (including phenoxy) is 1. The minimum Gasteiger partial charge on any atom is -0.383 e. The molecule has 1 aromatic carbocycles. The number of hydrogen-bond acceptors (Lipinski definition) is 5. The van der Waals surface area contributed by atoms with Gasteiger partial charge in [-0.15, -0.1) is 0 Å². The predicted molar refractivity (Wildman–Crippen MR) is 94.1 cm³/mol. The maximum Gasteiger partial charge on any atom is 0.416 e. The Morgan fingerprint density at radius 3 is 2.10 bits per heavy atom. The highest BCUT2D eigenvalue weighted by Gasteiger charge is 2.38. The van der Waals surface area contributed by atoms with Crippen LogP contribution in [0.4, 0.5) is 32.2 Å². The molecular weight excluding hydrogens is 436 g/mol. The molecule has 2 rings (SSSR count). The number of aryl methyl sites for hydroxylation is 1. The Hall–Kier alpha value is -3.09. The summed E-state index contributed by atoms with van der Waals surface area (Å²) in [6, 6.07) is 1.89. The zero-order valence-corrected chi connectivity index (χ0v) is 16.2. The summed E-state index contributed by atoms with van der Waals surface area (Å²) in [5.41, 5.74) is -4.15. The van der Waals surface area contributed by atoms with E-state index in [1.54, 1.807) is 6.92 Å². The van der Waals surface area contributed by atoms with Gasteiger partial charge in [0.25, 0.3) is 5.91 Å². The third kappa shape index (κ3) is 6.70. The molecule has 170 valence electrons. The van der Waals surface area contributed by atoms with Crippen LogP contribution in [0.15, 0.2) is 28.8 Å². The molecular formula is C18H17F6N3O4. The van der Waals surface area contributed by atoms with Crippen LogP contribution in [0.25, 0.3) is 0 Å². The van der Waals surface area contributed by atoms with Crippen molar-refractivity contribution < 1.29 is 45.2 Å². The fraction of sp³-hybridized carbons (Fsp3) is 0.389. The van der Waals surface area contributed by atoms with Crippen LogP contribution < -0.4 is 5.32 Å². The average molecular weight is 453 g/mol. The van der Waals surface area contributed by atoms with Gasteiger partial charge in [-0.25, -0.2) is 0 Å².